The number of nitrogens with one attached hydrogen (secondary N) is 1. The maximum absolute atomic E-state index is 3.63. The molecule has 0 atom stereocenters. The summed E-state index contributed by atoms with van der Waals surface area (Å²) in [6.45, 7) is 19.3. The Bertz CT molecular complexity index is 104. The van der Waals surface area contributed by atoms with Crippen LogP contribution in [0.5, 0.6) is 0 Å². The van der Waals surface area contributed by atoms with Gasteiger partial charge < -0.3 is 5.32 Å². The Balaban J connectivity index is -0.000000137. The van der Waals surface area contributed by atoms with Crippen LogP contribution in [0, 0.1) is 0 Å². The molecule has 0 bridgehead atoms. The van der Waals surface area contributed by atoms with Crippen molar-refractivity contribution in [3.05, 3.63) is 37.6 Å². The number of allylic oxidation sites excluding steroid dienone is 2. The van der Waals surface area contributed by atoms with E-state index in [0.29, 0.717) is 0 Å². The van der Waals surface area contributed by atoms with Crippen LogP contribution < -0.4 is 5.32 Å². The minimum absolute atomic E-state index is 0.891. The molecule has 0 rings (SSSR count). The molecule has 0 fully saturated rings. The van der Waals surface area contributed by atoms with Crippen LogP contribution in [0.25, 0.3) is 0 Å². The van der Waals surface area contributed by atoms with Crippen LogP contribution in [0.15, 0.2) is 37.6 Å². The maximum Gasteiger partial charge on any atom is 0.0261 e. The first-order chi connectivity index (χ1) is 5.72. The Morgan fingerprint density at radius 2 is 1.67 bits per heavy atom. The van der Waals surface area contributed by atoms with Crippen LogP contribution >= 0.6 is 0 Å². The molecule has 0 saturated heterocycles. The molecular formula is C11H23N. The standard InChI is InChI=1S/C6H11N.C3H6.C2H6/c1-4-6(3)7-5-2;1-3-2;1-2/h4,7H,1,3,5H2,2H3;3H,1H2,2H3;1-2H3. The summed E-state index contributed by atoms with van der Waals surface area (Å²) in [7, 11) is 0. The zero-order chi connectivity index (χ0) is 10.4. The monoisotopic (exact) mass is 169 g/mol. The third kappa shape index (κ3) is 35.9. The lowest BCUT2D eigenvalue weighted by atomic mass is 10.5. The maximum atomic E-state index is 3.63. The van der Waals surface area contributed by atoms with E-state index in [0.717, 1.165) is 12.2 Å². The van der Waals surface area contributed by atoms with E-state index in [4.69, 9.17) is 0 Å². The lowest BCUT2D eigenvalue weighted by Gasteiger charge is -1.96. The van der Waals surface area contributed by atoms with Gasteiger partial charge in [0.05, 0.1) is 0 Å². The topological polar surface area (TPSA) is 12.0 Å². The van der Waals surface area contributed by atoms with Crippen LogP contribution in [0.1, 0.15) is 27.7 Å². The molecule has 0 amide bonds. The largest absolute Gasteiger partial charge is 0.386 e. The second-order valence-corrected chi connectivity index (χ2v) is 1.67. The van der Waals surface area contributed by atoms with Gasteiger partial charge in [0.1, 0.15) is 0 Å². The third-order valence-corrected chi connectivity index (χ3v) is 0.650. The molecule has 0 unspecified atom stereocenters. The predicted octanol–water partition coefficient (Wildman–Crippen LogP) is 3.51. The molecule has 0 radical (unpaired) electrons. The van der Waals surface area contributed by atoms with Gasteiger partial charge in [0, 0.05) is 12.2 Å². The lowest BCUT2D eigenvalue weighted by molar-refractivity contribution is 0.883. The molecule has 12 heavy (non-hydrogen) atoms. The van der Waals surface area contributed by atoms with Gasteiger partial charge in [-0.25, -0.2) is 0 Å². The van der Waals surface area contributed by atoms with Gasteiger partial charge in [-0.3, -0.25) is 0 Å². The van der Waals surface area contributed by atoms with Gasteiger partial charge in [0.15, 0.2) is 0 Å². The van der Waals surface area contributed by atoms with Gasteiger partial charge in [0.2, 0.25) is 0 Å². The van der Waals surface area contributed by atoms with Crippen molar-refractivity contribution in [1.29, 1.82) is 0 Å². The second kappa shape index (κ2) is 22.5. The minimum Gasteiger partial charge on any atom is -0.386 e. The van der Waals surface area contributed by atoms with Crippen molar-refractivity contribution in [1.82, 2.24) is 5.32 Å². The average molecular weight is 169 g/mol. The molecular weight excluding hydrogens is 146 g/mol. The van der Waals surface area contributed by atoms with Crippen LogP contribution in [0.2, 0.25) is 0 Å². The molecule has 0 aromatic rings. The van der Waals surface area contributed by atoms with Crippen molar-refractivity contribution in [2.45, 2.75) is 27.7 Å². The zero-order valence-corrected chi connectivity index (χ0v) is 8.98. The first-order valence-corrected chi connectivity index (χ1v) is 4.35. The molecule has 0 spiro atoms. The molecule has 72 valence electrons. The molecule has 0 aliphatic carbocycles. The smallest absolute Gasteiger partial charge is 0.0261 e. The number of likely N-dealkylation sites (N-methyl/N-ethyl adjacent to an activating group) is 1. The fourth-order valence-corrected chi connectivity index (χ4v) is 0.299. The van der Waals surface area contributed by atoms with Crippen LogP contribution in [-0.4, -0.2) is 6.54 Å². The molecule has 0 aromatic carbocycles. The van der Waals surface area contributed by atoms with E-state index in [1.54, 1.807) is 12.2 Å². The van der Waals surface area contributed by atoms with Crippen molar-refractivity contribution >= 4 is 0 Å². The van der Waals surface area contributed by atoms with E-state index in [-0.39, 0.29) is 0 Å². The summed E-state index contributed by atoms with van der Waals surface area (Å²) in [6, 6.07) is 0. The van der Waals surface area contributed by atoms with E-state index in [9.17, 15) is 0 Å². The van der Waals surface area contributed by atoms with Crippen molar-refractivity contribution in [2.24, 2.45) is 0 Å². The van der Waals surface area contributed by atoms with Gasteiger partial charge in [-0.15, -0.1) is 6.58 Å². The Kier molecular flexibility index (Phi) is 32.2. The van der Waals surface area contributed by atoms with E-state index in [1.165, 1.54) is 0 Å². The summed E-state index contributed by atoms with van der Waals surface area (Å²) in [5.74, 6) is 0. The second-order valence-electron chi connectivity index (χ2n) is 1.67. The molecule has 0 aliphatic rings. The first-order valence-electron chi connectivity index (χ1n) is 4.35. The fourth-order valence-electron chi connectivity index (χ4n) is 0.299. The Labute approximate surface area is 77.9 Å². The number of hydrogen-bond acceptors (Lipinski definition) is 1. The Morgan fingerprint density at radius 3 is 1.75 bits per heavy atom. The first kappa shape index (κ1) is 17.2. The van der Waals surface area contributed by atoms with Crippen molar-refractivity contribution < 1.29 is 0 Å². The van der Waals surface area contributed by atoms with Crippen LogP contribution in [-0.2, 0) is 0 Å². The van der Waals surface area contributed by atoms with E-state index < -0.39 is 0 Å². The lowest BCUT2D eigenvalue weighted by Crippen LogP contribution is -2.07. The average Bonchev–Trinajstić information content (AvgIpc) is 2.10. The van der Waals surface area contributed by atoms with Gasteiger partial charge in [-0.1, -0.05) is 33.1 Å². The van der Waals surface area contributed by atoms with Crippen molar-refractivity contribution in [2.75, 3.05) is 6.54 Å². The molecule has 1 N–H and O–H groups in total. The minimum atomic E-state index is 0.891. The summed E-state index contributed by atoms with van der Waals surface area (Å²) < 4.78 is 0. The highest BCUT2D eigenvalue weighted by Crippen LogP contribution is 1.79. The third-order valence-electron chi connectivity index (χ3n) is 0.650. The van der Waals surface area contributed by atoms with Gasteiger partial charge in [-0.05, 0) is 19.9 Å². The number of hydrogen-bond donors (Lipinski definition) is 1. The molecule has 0 aliphatic heterocycles. The van der Waals surface area contributed by atoms with E-state index in [2.05, 4.69) is 25.1 Å². The predicted molar refractivity (Wildman–Crippen MR) is 60.2 cm³/mol. The SMILES string of the molecule is C=CC.C=CC(=C)NCC.CC. The summed E-state index contributed by atoms with van der Waals surface area (Å²) in [5.41, 5.74) is 0.891. The molecule has 0 saturated carbocycles. The van der Waals surface area contributed by atoms with Crippen LogP contribution in [0.4, 0.5) is 0 Å². The van der Waals surface area contributed by atoms with Crippen molar-refractivity contribution in [3.63, 3.8) is 0 Å². The highest BCUT2D eigenvalue weighted by molar-refractivity contribution is 5.07. The Morgan fingerprint density at radius 1 is 1.33 bits per heavy atom. The molecule has 1 heteroatoms. The van der Waals surface area contributed by atoms with Crippen LogP contribution in [0.3, 0.4) is 0 Å². The molecule has 0 aromatic heterocycles. The van der Waals surface area contributed by atoms with Gasteiger partial charge >= 0.3 is 0 Å². The molecule has 0 heterocycles. The highest BCUT2D eigenvalue weighted by atomic mass is 14.8. The molecule has 1 nitrogen and oxygen atoms in total. The zero-order valence-electron chi connectivity index (χ0n) is 8.98. The van der Waals surface area contributed by atoms with Crippen molar-refractivity contribution in [3.8, 4) is 0 Å². The Hall–Kier alpha value is -0.980. The fraction of sp³-hybridized carbons (Fsp3) is 0.455. The summed E-state index contributed by atoms with van der Waals surface area (Å²) in [5, 5.41) is 2.98. The highest BCUT2D eigenvalue weighted by Gasteiger charge is 1.75. The normalized spacial score (nSPS) is 6.00. The number of rotatable bonds is 3. The van der Waals surface area contributed by atoms with Gasteiger partial charge in [-0.2, -0.15) is 0 Å². The summed E-state index contributed by atoms with van der Waals surface area (Å²) >= 11 is 0. The summed E-state index contributed by atoms with van der Waals surface area (Å²) in [6.07, 6.45) is 3.45. The quantitative estimate of drug-likeness (QED) is 0.503. The van der Waals surface area contributed by atoms with E-state index >= 15 is 0 Å². The van der Waals surface area contributed by atoms with E-state index in [1.807, 2.05) is 27.7 Å². The summed E-state index contributed by atoms with van der Waals surface area (Å²) in [4.78, 5) is 0. The van der Waals surface area contributed by atoms with Gasteiger partial charge in [0.25, 0.3) is 0 Å².